The highest BCUT2D eigenvalue weighted by atomic mass is 35.5. The van der Waals surface area contributed by atoms with E-state index in [9.17, 15) is 0 Å². The topological polar surface area (TPSA) is 24.9 Å². The van der Waals surface area contributed by atoms with Gasteiger partial charge in [0, 0.05) is 40.1 Å². The number of aromatic nitrogens is 1. The molecule has 1 heterocycles. The van der Waals surface area contributed by atoms with Crippen LogP contribution in [-0.2, 0) is 6.54 Å². The SMILES string of the molecule is Clc1cc(Cl)cc(NCc2cncc3ccccc23)c1. The number of nitrogens with zero attached hydrogens (tertiary/aromatic N) is 1. The van der Waals surface area contributed by atoms with E-state index in [4.69, 9.17) is 23.2 Å². The molecule has 0 fully saturated rings. The summed E-state index contributed by atoms with van der Waals surface area (Å²) in [4.78, 5) is 4.27. The maximum Gasteiger partial charge on any atom is 0.0441 e. The molecule has 3 aromatic rings. The molecule has 0 saturated heterocycles. The molecule has 0 aliphatic heterocycles. The Kier molecular flexibility index (Phi) is 3.77. The van der Waals surface area contributed by atoms with E-state index in [0.717, 1.165) is 16.6 Å². The molecule has 2 nitrogen and oxygen atoms in total. The lowest BCUT2D eigenvalue weighted by Gasteiger charge is -2.09. The Morgan fingerprint density at radius 1 is 0.950 bits per heavy atom. The van der Waals surface area contributed by atoms with E-state index in [-0.39, 0.29) is 0 Å². The molecule has 20 heavy (non-hydrogen) atoms. The van der Waals surface area contributed by atoms with Gasteiger partial charge in [-0.15, -0.1) is 0 Å². The van der Waals surface area contributed by atoms with E-state index in [0.29, 0.717) is 16.6 Å². The number of rotatable bonds is 3. The van der Waals surface area contributed by atoms with E-state index < -0.39 is 0 Å². The highest BCUT2D eigenvalue weighted by Crippen LogP contribution is 2.24. The van der Waals surface area contributed by atoms with Crippen LogP contribution < -0.4 is 5.32 Å². The Labute approximate surface area is 127 Å². The van der Waals surface area contributed by atoms with Crippen LogP contribution in [0.4, 0.5) is 5.69 Å². The molecule has 0 aliphatic rings. The minimum atomic E-state index is 0.621. The Bertz CT molecular complexity index is 731. The third-order valence-electron chi connectivity index (χ3n) is 3.10. The first kappa shape index (κ1) is 13.2. The van der Waals surface area contributed by atoms with Crippen LogP contribution in [0.25, 0.3) is 10.8 Å². The van der Waals surface area contributed by atoms with Gasteiger partial charge < -0.3 is 5.32 Å². The molecule has 0 spiro atoms. The molecule has 0 saturated carbocycles. The van der Waals surface area contributed by atoms with E-state index in [1.165, 1.54) is 5.39 Å². The summed E-state index contributed by atoms with van der Waals surface area (Å²) < 4.78 is 0. The zero-order valence-corrected chi connectivity index (χ0v) is 12.1. The van der Waals surface area contributed by atoms with Crippen molar-refractivity contribution in [3.8, 4) is 0 Å². The van der Waals surface area contributed by atoms with Gasteiger partial charge in [0.2, 0.25) is 0 Å². The third-order valence-corrected chi connectivity index (χ3v) is 3.53. The fourth-order valence-corrected chi connectivity index (χ4v) is 2.70. The van der Waals surface area contributed by atoms with Gasteiger partial charge in [0.05, 0.1) is 0 Å². The summed E-state index contributed by atoms with van der Waals surface area (Å²) in [6, 6.07) is 13.6. The molecule has 0 aliphatic carbocycles. The molecule has 2 aromatic carbocycles. The van der Waals surface area contributed by atoms with Gasteiger partial charge in [-0.2, -0.15) is 0 Å². The number of fused-ring (bicyclic) bond motifs is 1. The highest BCUT2D eigenvalue weighted by Gasteiger charge is 2.02. The number of benzene rings is 2. The lowest BCUT2D eigenvalue weighted by Crippen LogP contribution is -2.00. The molecule has 0 radical (unpaired) electrons. The van der Waals surface area contributed by atoms with Gasteiger partial charge in [0.25, 0.3) is 0 Å². The summed E-state index contributed by atoms with van der Waals surface area (Å²) >= 11 is 12.0. The number of hydrogen-bond donors (Lipinski definition) is 1. The minimum Gasteiger partial charge on any atom is -0.381 e. The van der Waals surface area contributed by atoms with Crippen molar-refractivity contribution < 1.29 is 0 Å². The minimum absolute atomic E-state index is 0.621. The van der Waals surface area contributed by atoms with Crippen molar-refractivity contribution in [2.75, 3.05) is 5.32 Å². The van der Waals surface area contributed by atoms with Gasteiger partial charge >= 0.3 is 0 Å². The first-order valence-corrected chi connectivity index (χ1v) is 6.99. The van der Waals surface area contributed by atoms with Gasteiger partial charge in [0.15, 0.2) is 0 Å². The number of hydrogen-bond acceptors (Lipinski definition) is 2. The standard InChI is InChI=1S/C16H12Cl2N2/c17-13-5-14(18)7-15(6-13)20-10-12-9-19-8-11-3-1-2-4-16(11)12/h1-9,20H,10H2. The number of nitrogens with one attached hydrogen (secondary N) is 1. The quantitative estimate of drug-likeness (QED) is 0.723. The van der Waals surface area contributed by atoms with Gasteiger partial charge in [-0.05, 0) is 29.1 Å². The van der Waals surface area contributed by atoms with Crippen LogP contribution in [0.3, 0.4) is 0 Å². The summed E-state index contributed by atoms with van der Waals surface area (Å²) in [7, 11) is 0. The molecule has 4 heteroatoms. The molecule has 1 aromatic heterocycles. The molecule has 0 bridgehead atoms. The van der Waals surface area contributed by atoms with E-state index in [1.54, 1.807) is 6.07 Å². The van der Waals surface area contributed by atoms with Gasteiger partial charge in [0.1, 0.15) is 0 Å². The first-order chi connectivity index (χ1) is 9.72. The Morgan fingerprint density at radius 3 is 2.50 bits per heavy atom. The second-order valence-electron chi connectivity index (χ2n) is 4.53. The normalized spacial score (nSPS) is 10.7. The second-order valence-corrected chi connectivity index (χ2v) is 5.40. The Morgan fingerprint density at radius 2 is 1.70 bits per heavy atom. The average molecular weight is 303 g/mol. The fraction of sp³-hybridized carbons (Fsp3) is 0.0625. The summed E-state index contributed by atoms with van der Waals surface area (Å²) in [6.45, 7) is 0.672. The Balaban J connectivity index is 1.87. The fourth-order valence-electron chi connectivity index (χ4n) is 2.17. The molecule has 100 valence electrons. The zero-order chi connectivity index (χ0) is 13.9. The number of anilines is 1. The predicted octanol–water partition coefficient (Wildman–Crippen LogP) is 5.15. The van der Waals surface area contributed by atoms with Gasteiger partial charge in [-0.25, -0.2) is 0 Å². The Hall–Kier alpha value is -1.77. The van der Waals surface area contributed by atoms with Crippen molar-refractivity contribution in [2.24, 2.45) is 0 Å². The molecule has 0 amide bonds. The van der Waals surface area contributed by atoms with Crippen LogP contribution in [0.2, 0.25) is 10.0 Å². The van der Waals surface area contributed by atoms with Crippen molar-refractivity contribution >= 4 is 39.7 Å². The molecule has 3 rings (SSSR count). The largest absolute Gasteiger partial charge is 0.381 e. The number of pyridine rings is 1. The second kappa shape index (κ2) is 5.70. The maximum atomic E-state index is 5.99. The third kappa shape index (κ3) is 2.87. The highest BCUT2D eigenvalue weighted by molar-refractivity contribution is 6.35. The van der Waals surface area contributed by atoms with E-state index in [2.05, 4.69) is 22.4 Å². The van der Waals surface area contributed by atoms with Crippen LogP contribution in [0.15, 0.2) is 54.9 Å². The van der Waals surface area contributed by atoms with Crippen molar-refractivity contribution in [3.05, 3.63) is 70.5 Å². The maximum absolute atomic E-state index is 5.99. The molecule has 0 unspecified atom stereocenters. The van der Waals surface area contributed by atoms with Crippen molar-refractivity contribution in [1.29, 1.82) is 0 Å². The van der Waals surface area contributed by atoms with Crippen molar-refractivity contribution in [3.63, 3.8) is 0 Å². The lowest BCUT2D eigenvalue weighted by atomic mass is 10.1. The zero-order valence-electron chi connectivity index (χ0n) is 10.6. The van der Waals surface area contributed by atoms with Crippen LogP contribution in [0.5, 0.6) is 0 Å². The average Bonchev–Trinajstić information content (AvgIpc) is 2.44. The van der Waals surface area contributed by atoms with Crippen molar-refractivity contribution in [2.45, 2.75) is 6.54 Å². The summed E-state index contributed by atoms with van der Waals surface area (Å²) in [5.41, 5.74) is 2.04. The van der Waals surface area contributed by atoms with Gasteiger partial charge in [-0.1, -0.05) is 47.5 Å². The molecule has 1 N–H and O–H groups in total. The van der Waals surface area contributed by atoms with E-state index >= 15 is 0 Å². The number of halogens is 2. The van der Waals surface area contributed by atoms with Crippen LogP contribution >= 0.6 is 23.2 Å². The van der Waals surface area contributed by atoms with E-state index in [1.807, 2.05) is 36.7 Å². The van der Waals surface area contributed by atoms with Crippen LogP contribution in [0, 0.1) is 0 Å². The van der Waals surface area contributed by atoms with Crippen LogP contribution in [0.1, 0.15) is 5.56 Å². The van der Waals surface area contributed by atoms with Crippen molar-refractivity contribution in [1.82, 2.24) is 4.98 Å². The smallest absolute Gasteiger partial charge is 0.0441 e. The molecule has 0 atom stereocenters. The molecular weight excluding hydrogens is 291 g/mol. The predicted molar refractivity (Wildman–Crippen MR) is 85.5 cm³/mol. The molecular formula is C16H12Cl2N2. The monoisotopic (exact) mass is 302 g/mol. The van der Waals surface area contributed by atoms with Crippen LogP contribution in [-0.4, -0.2) is 4.98 Å². The van der Waals surface area contributed by atoms with Gasteiger partial charge in [-0.3, -0.25) is 4.98 Å². The summed E-state index contributed by atoms with van der Waals surface area (Å²) in [5.74, 6) is 0. The summed E-state index contributed by atoms with van der Waals surface area (Å²) in [5, 5.41) is 6.90. The lowest BCUT2D eigenvalue weighted by molar-refractivity contribution is 1.14. The first-order valence-electron chi connectivity index (χ1n) is 6.24. The summed E-state index contributed by atoms with van der Waals surface area (Å²) in [6.07, 6.45) is 3.75.